The Kier molecular flexibility index (Phi) is 7.35. The molecule has 6 nitrogen and oxygen atoms in total. The number of halogens is 1. The number of ketones is 1. The van der Waals surface area contributed by atoms with E-state index in [1.54, 1.807) is 11.6 Å². The summed E-state index contributed by atoms with van der Waals surface area (Å²) in [6.07, 6.45) is 0. The van der Waals surface area contributed by atoms with Gasteiger partial charge in [-0.25, -0.2) is 4.68 Å². The number of fused-ring (bicyclic) bond motifs is 1. The van der Waals surface area contributed by atoms with Crippen molar-refractivity contribution >= 4 is 35.1 Å². The van der Waals surface area contributed by atoms with Gasteiger partial charge in [0.25, 0.3) is 0 Å². The molecule has 8 heteroatoms. The molecule has 0 spiro atoms. The lowest BCUT2D eigenvalue weighted by atomic mass is 9.93. The molecule has 0 bridgehead atoms. The molecule has 1 unspecified atom stereocenters. The van der Waals surface area contributed by atoms with Crippen LogP contribution in [0.25, 0.3) is 0 Å². The Labute approximate surface area is 225 Å². The molecule has 0 amide bonds. The summed E-state index contributed by atoms with van der Waals surface area (Å²) in [4.78, 5) is 17.5. The Morgan fingerprint density at radius 1 is 1.08 bits per heavy atom. The van der Waals surface area contributed by atoms with Crippen LogP contribution in [0.1, 0.15) is 42.1 Å². The number of aryl methyl sites for hydroxylation is 1. The number of aromatic nitrogens is 3. The largest absolute Gasteiger partial charge is 0.489 e. The number of anilines is 1. The molecule has 0 radical (unpaired) electrons. The van der Waals surface area contributed by atoms with E-state index in [4.69, 9.17) is 26.4 Å². The second kappa shape index (κ2) is 10.8. The molecular formula is C29H27ClN4O2S. The molecule has 3 aromatic carbocycles. The number of benzene rings is 3. The molecule has 5 rings (SSSR count). The Morgan fingerprint density at radius 3 is 2.62 bits per heavy atom. The molecule has 0 saturated heterocycles. The van der Waals surface area contributed by atoms with E-state index in [-0.39, 0.29) is 5.78 Å². The molecule has 2 heterocycles. The first-order valence-corrected chi connectivity index (χ1v) is 13.3. The Hall–Kier alpha value is -3.55. The molecule has 1 aliphatic heterocycles. The van der Waals surface area contributed by atoms with Crippen molar-refractivity contribution in [2.45, 2.75) is 44.3 Å². The lowest BCUT2D eigenvalue weighted by Crippen LogP contribution is -2.27. The SMILES string of the molecule is CC(=O)C1=C(C)Nc2nc(SCc3ccccc3Cl)nn2C1c1cccc(OCc2ccc(C)cc2)c1. The first-order chi connectivity index (χ1) is 17.9. The van der Waals surface area contributed by atoms with Gasteiger partial charge in [0.15, 0.2) is 5.78 Å². The van der Waals surface area contributed by atoms with Crippen LogP contribution in [-0.4, -0.2) is 20.5 Å². The number of thioether (sulfide) groups is 1. The van der Waals surface area contributed by atoms with Gasteiger partial charge < -0.3 is 10.1 Å². The summed E-state index contributed by atoms with van der Waals surface area (Å²) in [5.41, 5.74) is 5.65. The highest BCUT2D eigenvalue weighted by Crippen LogP contribution is 2.38. The van der Waals surface area contributed by atoms with Crippen LogP contribution >= 0.6 is 23.4 Å². The lowest BCUT2D eigenvalue weighted by molar-refractivity contribution is -0.114. The number of hydrogen-bond donors (Lipinski definition) is 1. The average Bonchev–Trinajstić information content (AvgIpc) is 3.29. The maximum atomic E-state index is 12.8. The molecule has 1 aromatic heterocycles. The summed E-state index contributed by atoms with van der Waals surface area (Å²) in [5, 5.41) is 9.38. The first kappa shape index (κ1) is 25.1. The molecule has 1 atom stereocenters. The van der Waals surface area contributed by atoms with Crippen molar-refractivity contribution in [3.63, 3.8) is 0 Å². The zero-order chi connectivity index (χ0) is 25.9. The van der Waals surface area contributed by atoms with Crippen LogP contribution in [0.5, 0.6) is 5.75 Å². The summed E-state index contributed by atoms with van der Waals surface area (Å²) >= 11 is 7.83. The van der Waals surface area contributed by atoms with Crippen LogP contribution in [0, 0.1) is 6.92 Å². The third-order valence-electron chi connectivity index (χ3n) is 6.23. The molecule has 0 aliphatic carbocycles. The van der Waals surface area contributed by atoms with Gasteiger partial charge >= 0.3 is 0 Å². The minimum absolute atomic E-state index is 0.0209. The number of ether oxygens (including phenoxy) is 1. The lowest BCUT2D eigenvalue weighted by Gasteiger charge is -2.28. The first-order valence-electron chi connectivity index (χ1n) is 12.0. The van der Waals surface area contributed by atoms with E-state index in [0.717, 1.165) is 28.1 Å². The van der Waals surface area contributed by atoms with Gasteiger partial charge in [0, 0.05) is 22.0 Å². The zero-order valence-corrected chi connectivity index (χ0v) is 22.4. The predicted octanol–water partition coefficient (Wildman–Crippen LogP) is 6.99. The van der Waals surface area contributed by atoms with E-state index < -0.39 is 6.04 Å². The number of carbonyl (C=O) groups excluding carboxylic acids is 1. The fourth-order valence-electron chi connectivity index (χ4n) is 4.34. The van der Waals surface area contributed by atoms with Gasteiger partial charge in [-0.1, -0.05) is 83.5 Å². The highest BCUT2D eigenvalue weighted by Gasteiger charge is 2.33. The minimum atomic E-state index is -0.418. The topological polar surface area (TPSA) is 69.0 Å². The number of carbonyl (C=O) groups is 1. The van der Waals surface area contributed by atoms with Crippen molar-refractivity contribution in [1.29, 1.82) is 0 Å². The predicted molar refractivity (Wildman–Crippen MR) is 148 cm³/mol. The molecule has 1 N–H and O–H groups in total. The van der Waals surface area contributed by atoms with Crippen molar-refractivity contribution in [2.75, 3.05) is 5.32 Å². The average molecular weight is 531 g/mol. The van der Waals surface area contributed by atoms with Gasteiger partial charge in [-0.05, 0) is 55.7 Å². The van der Waals surface area contributed by atoms with Gasteiger partial charge in [0.2, 0.25) is 11.1 Å². The zero-order valence-electron chi connectivity index (χ0n) is 20.9. The van der Waals surface area contributed by atoms with Crippen LogP contribution in [-0.2, 0) is 17.2 Å². The highest BCUT2D eigenvalue weighted by atomic mass is 35.5. The third-order valence-corrected chi connectivity index (χ3v) is 7.48. The van der Waals surface area contributed by atoms with Crippen molar-refractivity contribution in [3.8, 4) is 5.75 Å². The standard InChI is InChI=1S/C29H27ClN4O2S/c1-18-11-13-21(14-12-18)16-36-24-9-6-8-22(15-24)27-26(20(3)35)19(2)31-28-32-29(33-34(27)28)37-17-23-7-4-5-10-25(23)30/h4-15,27H,16-17H2,1-3H3,(H,31,32,33). The van der Waals surface area contributed by atoms with Crippen LogP contribution in [0.4, 0.5) is 5.95 Å². The van der Waals surface area contributed by atoms with E-state index in [1.165, 1.54) is 17.3 Å². The van der Waals surface area contributed by atoms with Gasteiger partial charge in [0.1, 0.15) is 18.4 Å². The number of hydrogen-bond acceptors (Lipinski definition) is 6. The Bertz CT molecular complexity index is 1480. The van der Waals surface area contributed by atoms with Crippen molar-refractivity contribution in [3.05, 3.63) is 111 Å². The fourth-order valence-corrected chi connectivity index (χ4v) is 5.45. The molecule has 37 heavy (non-hydrogen) atoms. The maximum absolute atomic E-state index is 12.8. The van der Waals surface area contributed by atoms with E-state index in [0.29, 0.717) is 34.1 Å². The molecular weight excluding hydrogens is 504 g/mol. The van der Waals surface area contributed by atoms with E-state index in [9.17, 15) is 4.79 Å². The van der Waals surface area contributed by atoms with Gasteiger partial charge in [-0.3, -0.25) is 4.79 Å². The summed E-state index contributed by atoms with van der Waals surface area (Å²) in [7, 11) is 0. The number of nitrogens with one attached hydrogen (secondary N) is 1. The number of Topliss-reactive ketones (excluding diaryl/α,β-unsaturated/α-hetero) is 1. The third kappa shape index (κ3) is 5.58. The van der Waals surface area contributed by atoms with Crippen molar-refractivity contribution in [1.82, 2.24) is 14.8 Å². The molecule has 0 saturated carbocycles. The van der Waals surface area contributed by atoms with E-state index in [2.05, 4.69) is 36.5 Å². The Morgan fingerprint density at radius 2 is 1.86 bits per heavy atom. The van der Waals surface area contributed by atoms with Gasteiger partial charge in [0.05, 0.1) is 0 Å². The highest BCUT2D eigenvalue weighted by molar-refractivity contribution is 7.98. The van der Waals surface area contributed by atoms with Crippen molar-refractivity contribution in [2.24, 2.45) is 0 Å². The summed E-state index contributed by atoms with van der Waals surface area (Å²) in [5.74, 6) is 1.95. The minimum Gasteiger partial charge on any atom is -0.489 e. The number of allylic oxidation sites excluding steroid dienone is 2. The van der Waals surface area contributed by atoms with Crippen LogP contribution in [0.3, 0.4) is 0 Å². The second-order valence-electron chi connectivity index (χ2n) is 9.01. The summed E-state index contributed by atoms with van der Waals surface area (Å²) < 4.78 is 7.89. The summed E-state index contributed by atoms with van der Waals surface area (Å²) in [6.45, 7) is 6.01. The van der Waals surface area contributed by atoms with E-state index >= 15 is 0 Å². The number of nitrogens with zero attached hydrogens (tertiary/aromatic N) is 3. The molecule has 188 valence electrons. The second-order valence-corrected chi connectivity index (χ2v) is 10.4. The van der Waals surface area contributed by atoms with E-state index in [1.807, 2.05) is 55.5 Å². The number of rotatable bonds is 8. The molecule has 0 fully saturated rings. The fraction of sp³-hybridized carbons (Fsp3) is 0.207. The smallest absolute Gasteiger partial charge is 0.227 e. The Balaban J connectivity index is 1.43. The van der Waals surface area contributed by atoms with Crippen molar-refractivity contribution < 1.29 is 9.53 Å². The monoisotopic (exact) mass is 530 g/mol. The normalized spacial score (nSPS) is 14.8. The van der Waals surface area contributed by atoms with Gasteiger partial charge in [-0.15, -0.1) is 5.10 Å². The summed E-state index contributed by atoms with van der Waals surface area (Å²) in [6, 6.07) is 23.4. The van der Waals surface area contributed by atoms with Crippen LogP contribution < -0.4 is 10.1 Å². The maximum Gasteiger partial charge on any atom is 0.227 e. The molecule has 1 aliphatic rings. The van der Waals surface area contributed by atoms with Crippen LogP contribution in [0.15, 0.2) is 89.2 Å². The van der Waals surface area contributed by atoms with Crippen LogP contribution in [0.2, 0.25) is 5.02 Å². The quantitative estimate of drug-likeness (QED) is 0.248. The van der Waals surface area contributed by atoms with Gasteiger partial charge in [-0.2, -0.15) is 4.98 Å². The molecule has 4 aromatic rings.